The first-order chi connectivity index (χ1) is 17.5. The number of piperidine rings is 1. The number of methoxy groups -OCH3 is 1. The van der Waals surface area contributed by atoms with E-state index in [-0.39, 0.29) is 24.1 Å². The molecule has 0 bridgehead atoms. The Hall–Kier alpha value is -2.36. The molecule has 2 heterocycles. The van der Waals surface area contributed by atoms with Gasteiger partial charge in [0, 0.05) is 51.4 Å². The second-order valence-corrected chi connectivity index (χ2v) is 10.00. The summed E-state index contributed by atoms with van der Waals surface area (Å²) in [6, 6.07) is 8.40. The number of alkyl carbamates (subject to hydrolysis) is 1. The lowest BCUT2D eigenvalue weighted by Gasteiger charge is -2.38. The number of rotatable bonds is 11. The first-order valence-corrected chi connectivity index (χ1v) is 13.3. The van der Waals surface area contributed by atoms with Crippen molar-refractivity contribution in [2.75, 3.05) is 60.2 Å². The van der Waals surface area contributed by atoms with Crippen molar-refractivity contribution in [3.05, 3.63) is 35.4 Å². The summed E-state index contributed by atoms with van der Waals surface area (Å²) in [4.78, 5) is 26.6. The average molecular weight is 505 g/mol. The topological polar surface area (TPSA) is 101 Å². The number of nitrogens with zero attached hydrogens (tertiary/aromatic N) is 1. The predicted octanol–water partition coefficient (Wildman–Crippen LogP) is 3.24. The van der Waals surface area contributed by atoms with Gasteiger partial charge in [-0.05, 0) is 57.6 Å². The fourth-order valence-electron chi connectivity index (χ4n) is 5.31. The Bertz CT molecular complexity index is 817. The van der Waals surface area contributed by atoms with Crippen LogP contribution in [0.15, 0.2) is 24.3 Å². The number of hydrogen-bond donors (Lipinski definition) is 3. The van der Waals surface area contributed by atoms with Gasteiger partial charge in [0.2, 0.25) is 0 Å². The molecule has 4 atom stereocenters. The Morgan fingerprint density at radius 3 is 2.83 bits per heavy atom. The van der Waals surface area contributed by atoms with Crippen molar-refractivity contribution in [3.63, 3.8) is 0 Å². The van der Waals surface area contributed by atoms with Crippen LogP contribution in [0, 0.1) is 18.8 Å². The van der Waals surface area contributed by atoms with Gasteiger partial charge in [-0.25, -0.2) is 9.59 Å². The number of nitrogens with one attached hydrogen (secondary N) is 3. The zero-order valence-electron chi connectivity index (χ0n) is 22.1. The molecule has 2 saturated heterocycles. The van der Waals surface area contributed by atoms with Crippen molar-refractivity contribution in [2.24, 2.45) is 11.8 Å². The van der Waals surface area contributed by atoms with Gasteiger partial charge in [-0.2, -0.15) is 0 Å². The number of likely N-dealkylation sites (tertiary alicyclic amines) is 1. The van der Waals surface area contributed by atoms with Crippen molar-refractivity contribution >= 4 is 12.1 Å². The number of amides is 3. The molecule has 0 radical (unpaired) electrons. The van der Waals surface area contributed by atoms with Gasteiger partial charge in [-0.3, -0.25) is 0 Å². The molecule has 1 aromatic rings. The molecule has 9 heteroatoms. The van der Waals surface area contributed by atoms with Crippen molar-refractivity contribution < 1.29 is 23.8 Å². The molecule has 2 aliphatic rings. The molecule has 9 nitrogen and oxygen atoms in total. The lowest BCUT2D eigenvalue weighted by atomic mass is 9.88. The van der Waals surface area contributed by atoms with Crippen LogP contribution >= 0.6 is 0 Å². The van der Waals surface area contributed by atoms with Gasteiger partial charge in [0.1, 0.15) is 0 Å². The maximum absolute atomic E-state index is 13.3. The van der Waals surface area contributed by atoms with Crippen molar-refractivity contribution in [1.29, 1.82) is 0 Å². The minimum Gasteiger partial charge on any atom is -0.453 e. The van der Waals surface area contributed by atoms with Crippen molar-refractivity contribution in [2.45, 2.75) is 51.2 Å². The summed E-state index contributed by atoms with van der Waals surface area (Å²) in [5.74, 6) is 0.656. The van der Waals surface area contributed by atoms with Crippen LogP contribution in [0.1, 0.15) is 49.3 Å². The zero-order chi connectivity index (χ0) is 25.8. The van der Waals surface area contributed by atoms with E-state index in [1.807, 2.05) is 18.0 Å². The van der Waals surface area contributed by atoms with Crippen LogP contribution in [-0.4, -0.2) is 83.2 Å². The van der Waals surface area contributed by atoms with Crippen molar-refractivity contribution in [3.8, 4) is 0 Å². The van der Waals surface area contributed by atoms with Crippen LogP contribution in [0.4, 0.5) is 9.59 Å². The third-order valence-electron chi connectivity index (χ3n) is 7.05. The molecule has 2 aliphatic heterocycles. The number of aryl methyl sites for hydroxylation is 1. The molecule has 3 amide bonds. The van der Waals surface area contributed by atoms with E-state index in [1.54, 1.807) is 0 Å². The summed E-state index contributed by atoms with van der Waals surface area (Å²) in [6.07, 6.45) is 4.45. The molecule has 202 valence electrons. The lowest BCUT2D eigenvalue weighted by Crippen LogP contribution is -2.52. The molecule has 2 unspecified atom stereocenters. The van der Waals surface area contributed by atoms with Crippen LogP contribution in [0.3, 0.4) is 0 Å². The number of hydrogen-bond acceptors (Lipinski definition) is 6. The zero-order valence-corrected chi connectivity index (χ0v) is 22.1. The maximum atomic E-state index is 13.3. The molecule has 36 heavy (non-hydrogen) atoms. The molecule has 3 rings (SSSR count). The molecule has 3 N–H and O–H groups in total. The van der Waals surface area contributed by atoms with Gasteiger partial charge >= 0.3 is 12.1 Å². The third-order valence-corrected chi connectivity index (χ3v) is 7.05. The SMILES string of the molecule is CNC[C@H](CC1CCCOC1)NC(=O)N1CCCC([C@@H](OCCNC(=O)OC)c2cccc(C)c2)C1. The van der Waals surface area contributed by atoms with Crippen molar-refractivity contribution in [1.82, 2.24) is 20.9 Å². The molecule has 0 spiro atoms. The summed E-state index contributed by atoms with van der Waals surface area (Å²) >= 11 is 0. The highest BCUT2D eigenvalue weighted by Crippen LogP contribution is 2.33. The lowest BCUT2D eigenvalue weighted by molar-refractivity contribution is -0.00876. The Morgan fingerprint density at radius 1 is 1.25 bits per heavy atom. The van der Waals surface area contributed by atoms with Crippen LogP contribution in [-0.2, 0) is 14.2 Å². The fourth-order valence-corrected chi connectivity index (χ4v) is 5.31. The van der Waals surface area contributed by atoms with E-state index in [2.05, 4.69) is 45.8 Å². The quantitative estimate of drug-likeness (QED) is 0.400. The van der Waals surface area contributed by atoms with E-state index >= 15 is 0 Å². The molecule has 0 aliphatic carbocycles. The molecular formula is C27H44N4O5. The second kappa shape index (κ2) is 15.0. The minimum atomic E-state index is -0.470. The molecule has 1 aromatic carbocycles. The highest BCUT2D eigenvalue weighted by molar-refractivity contribution is 5.74. The van der Waals surface area contributed by atoms with E-state index in [0.29, 0.717) is 25.6 Å². The Kier molecular flexibility index (Phi) is 11.8. The number of carbonyl (C=O) groups is 2. The van der Waals surface area contributed by atoms with Gasteiger partial charge < -0.3 is 35.1 Å². The van der Waals surface area contributed by atoms with Gasteiger partial charge in [-0.15, -0.1) is 0 Å². The molecule has 2 fully saturated rings. The number of ether oxygens (including phenoxy) is 3. The molecular weight excluding hydrogens is 460 g/mol. The third kappa shape index (κ3) is 8.94. The highest BCUT2D eigenvalue weighted by Gasteiger charge is 2.32. The first-order valence-electron chi connectivity index (χ1n) is 13.3. The Labute approximate surface area is 215 Å². The van der Waals surface area contributed by atoms with Gasteiger partial charge in [0.05, 0.1) is 19.8 Å². The maximum Gasteiger partial charge on any atom is 0.406 e. The smallest absolute Gasteiger partial charge is 0.406 e. The summed E-state index contributed by atoms with van der Waals surface area (Å²) < 4.78 is 16.6. The largest absolute Gasteiger partial charge is 0.453 e. The van der Waals surface area contributed by atoms with E-state index in [9.17, 15) is 9.59 Å². The number of likely N-dealkylation sites (N-methyl/N-ethyl adjacent to an activating group) is 1. The van der Waals surface area contributed by atoms with Gasteiger partial charge in [0.25, 0.3) is 0 Å². The van der Waals surface area contributed by atoms with Crippen LogP contribution in [0.5, 0.6) is 0 Å². The highest BCUT2D eigenvalue weighted by atomic mass is 16.5. The Balaban J connectivity index is 1.62. The van der Waals surface area contributed by atoms with Crippen LogP contribution in [0.2, 0.25) is 0 Å². The number of carbonyl (C=O) groups excluding carboxylic acids is 2. The summed E-state index contributed by atoms with van der Waals surface area (Å²) in [7, 11) is 3.27. The van der Waals surface area contributed by atoms with Crippen LogP contribution in [0.25, 0.3) is 0 Å². The fraction of sp³-hybridized carbons (Fsp3) is 0.704. The summed E-state index contributed by atoms with van der Waals surface area (Å²) in [5, 5.41) is 9.18. The Morgan fingerprint density at radius 2 is 2.11 bits per heavy atom. The van der Waals surface area contributed by atoms with Gasteiger partial charge in [0.15, 0.2) is 0 Å². The van der Waals surface area contributed by atoms with E-state index in [1.165, 1.54) is 12.7 Å². The van der Waals surface area contributed by atoms with E-state index < -0.39 is 6.09 Å². The molecule has 0 saturated carbocycles. The summed E-state index contributed by atoms with van der Waals surface area (Å²) in [5.41, 5.74) is 2.27. The predicted molar refractivity (Wildman–Crippen MR) is 139 cm³/mol. The second-order valence-electron chi connectivity index (χ2n) is 10.00. The minimum absolute atomic E-state index is 0.00738. The van der Waals surface area contributed by atoms with E-state index in [0.717, 1.165) is 64.0 Å². The van der Waals surface area contributed by atoms with Gasteiger partial charge in [-0.1, -0.05) is 29.8 Å². The average Bonchev–Trinajstić information content (AvgIpc) is 2.89. The number of benzene rings is 1. The standard InChI is InChI=1S/C27H44N4O5/c1-20-7-4-9-22(15-20)25(36-14-11-29-27(33)34-3)23-10-5-12-31(18-23)26(32)30-24(17-28-2)16-21-8-6-13-35-19-21/h4,7,9,15,21,23-25,28H,5-6,8,10-14,16-19H2,1-3H3,(H,29,33)(H,30,32)/t21?,23?,24-,25-/m0/s1. The van der Waals surface area contributed by atoms with Crippen LogP contribution < -0.4 is 16.0 Å². The first kappa shape index (κ1) is 28.2. The van der Waals surface area contributed by atoms with E-state index in [4.69, 9.17) is 9.47 Å². The normalized spacial score (nSPS) is 21.9. The monoisotopic (exact) mass is 504 g/mol. The number of urea groups is 1. The summed E-state index contributed by atoms with van der Waals surface area (Å²) in [6.45, 7) is 6.53. The molecule has 0 aromatic heterocycles.